The second kappa shape index (κ2) is 6.70. The quantitative estimate of drug-likeness (QED) is 0.603. The van der Waals surface area contributed by atoms with Crippen LogP contribution in [0.1, 0.15) is 5.56 Å². The summed E-state index contributed by atoms with van der Waals surface area (Å²) in [4.78, 5) is 4.36. The summed E-state index contributed by atoms with van der Waals surface area (Å²) in [5.41, 5.74) is 1.68. The van der Waals surface area contributed by atoms with Crippen LogP contribution in [0.15, 0.2) is 24.3 Å². The minimum atomic E-state index is 0.428. The zero-order valence-electron chi connectivity index (χ0n) is 11.0. The van der Waals surface area contributed by atoms with Crippen LogP contribution in [0.5, 0.6) is 5.75 Å². The Labute approximate surface area is 117 Å². The molecule has 5 heteroatoms. The molecule has 0 saturated heterocycles. The van der Waals surface area contributed by atoms with Crippen molar-refractivity contribution in [3.8, 4) is 5.75 Å². The lowest BCUT2D eigenvalue weighted by molar-refractivity contribution is 0.0616. The summed E-state index contributed by atoms with van der Waals surface area (Å²) in [5.74, 6) is 0.764. The minimum Gasteiger partial charge on any atom is -0.497 e. The molecule has 19 heavy (non-hydrogen) atoms. The van der Waals surface area contributed by atoms with Gasteiger partial charge in [0.05, 0.1) is 32.4 Å². The molecule has 0 amide bonds. The highest BCUT2D eigenvalue weighted by atomic mass is 35.5. The molecule has 0 N–H and O–H groups in total. The van der Waals surface area contributed by atoms with Gasteiger partial charge >= 0.3 is 0 Å². The van der Waals surface area contributed by atoms with E-state index in [-0.39, 0.29) is 0 Å². The third kappa shape index (κ3) is 3.56. The number of ether oxygens (including phenoxy) is 3. The maximum absolute atomic E-state index is 6.15. The van der Waals surface area contributed by atoms with Gasteiger partial charge in [0.2, 0.25) is 0 Å². The molecule has 4 nitrogen and oxygen atoms in total. The van der Waals surface area contributed by atoms with E-state index in [1.807, 2.05) is 24.3 Å². The van der Waals surface area contributed by atoms with Crippen molar-refractivity contribution in [2.24, 2.45) is 0 Å². The van der Waals surface area contributed by atoms with Crippen molar-refractivity contribution in [2.75, 3.05) is 27.4 Å². The van der Waals surface area contributed by atoms with Gasteiger partial charge in [0.25, 0.3) is 0 Å². The molecule has 2 aromatic rings. The Morgan fingerprint density at radius 2 is 2.00 bits per heavy atom. The lowest BCUT2D eigenvalue weighted by Crippen LogP contribution is -2.02. The topological polar surface area (TPSA) is 40.6 Å². The molecule has 0 aliphatic heterocycles. The molecule has 0 saturated carbocycles. The van der Waals surface area contributed by atoms with Gasteiger partial charge in [0.1, 0.15) is 10.9 Å². The SMILES string of the molecule is COCCOCc1cc2ccc(OC)cc2nc1Cl. The first-order chi connectivity index (χ1) is 9.24. The molecule has 1 aromatic carbocycles. The Kier molecular flexibility index (Phi) is 4.96. The zero-order chi connectivity index (χ0) is 13.7. The number of benzene rings is 1. The molecule has 102 valence electrons. The monoisotopic (exact) mass is 281 g/mol. The Hall–Kier alpha value is -1.36. The fourth-order valence-electron chi connectivity index (χ4n) is 1.72. The Bertz CT molecular complexity index is 560. The van der Waals surface area contributed by atoms with Crippen LogP contribution in [0, 0.1) is 0 Å². The Balaban J connectivity index is 2.19. The number of fused-ring (bicyclic) bond motifs is 1. The van der Waals surface area contributed by atoms with Crippen LogP contribution in [0.3, 0.4) is 0 Å². The van der Waals surface area contributed by atoms with Crippen LogP contribution >= 0.6 is 11.6 Å². The van der Waals surface area contributed by atoms with E-state index in [9.17, 15) is 0 Å². The van der Waals surface area contributed by atoms with Gasteiger partial charge in [-0.2, -0.15) is 0 Å². The van der Waals surface area contributed by atoms with Gasteiger partial charge in [0, 0.05) is 24.1 Å². The lowest BCUT2D eigenvalue weighted by atomic mass is 10.1. The van der Waals surface area contributed by atoms with Gasteiger partial charge in [-0.15, -0.1) is 0 Å². The number of rotatable bonds is 6. The molecule has 1 aromatic heterocycles. The van der Waals surface area contributed by atoms with E-state index < -0.39 is 0 Å². The van der Waals surface area contributed by atoms with E-state index >= 15 is 0 Å². The summed E-state index contributed by atoms with van der Waals surface area (Å²) >= 11 is 6.15. The highest BCUT2D eigenvalue weighted by Gasteiger charge is 2.06. The van der Waals surface area contributed by atoms with Crippen molar-refractivity contribution in [1.82, 2.24) is 4.98 Å². The normalized spacial score (nSPS) is 10.9. The van der Waals surface area contributed by atoms with Crippen LogP contribution in [0.2, 0.25) is 5.15 Å². The zero-order valence-corrected chi connectivity index (χ0v) is 11.7. The predicted octanol–water partition coefficient (Wildman–Crippen LogP) is 3.06. The molecule has 0 radical (unpaired) electrons. The summed E-state index contributed by atoms with van der Waals surface area (Å²) in [7, 11) is 3.27. The molecule has 0 bridgehead atoms. The highest BCUT2D eigenvalue weighted by molar-refractivity contribution is 6.30. The van der Waals surface area contributed by atoms with Gasteiger partial charge in [-0.05, 0) is 18.2 Å². The number of hydrogen-bond acceptors (Lipinski definition) is 4. The Morgan fingerprint density at radius 1 is 1.16 bits per heavy atom. The van der Waals surface area contributed by atoms with Crippen molar-refractivity contribution in [2.45, 2.75) is 6.61 Å². The van der Waals surface area contributed by atoms with Crippen molar-refractivity contribution in [3.05, 3.63) is 35.0 Å². The molecule has 0 unspecified atom stereocenters. The van der Waals surface area contributed by atoms with E-state index in [4.69, 9.17) is 25.8 Å². The minimum absolute atomic E-state index is 0.428. The van der Waals surface area contributed by atoms with Crippen molar-refractivity contribution >= 4 is 22.5 Å². The smallest absolute Gasteiger partial charge is 0.135 e. The van der Waals surface area contributed by atoms with Gasteiger partial charge in [-0.3, -0.25) is 0 Å². The second-order valence-corrected chi connectivity index (χ2v) is 4.40. The third-order valence-electron chi connectivity index (χ3n) is 2.74. The van der Waals surface area contributed by atoms with Gasteiger partial charge in [-0.1, -0.05) is 11.6 Å². The number of aromatic nitrogens is 1. The summed E-state index contributed by atoms with van der Waals surface area (Å²) in [6.45, 7) is 1.53. The van der Waals surface area contributed by atoms with Crippen LogP contribution in [-0.2, 0) is 16.1 Å². The maximum atomic E-state index is 6.15. The van der Waals surface area contributed by atoms with Crippen LogP contribution < -0.4 is 4.74 Å². The summed E-state index contributed by atoms with van der Waals surface area (Å²) in [6, 6.07) is 7.69. The predicted molar refractivity (Wildman–Crippen MR) is 74.8 cm³/mol. The molecule has 0 aliphatic rings. The largest absolute Gasteiger partial charge is 0.497 e. The first-order valence-electron chi connectivity index (χ1n) is 5.94. The average Bonchev–Trinajstić information content (AvgIpc) is 2.43. The summed E-state index contributed by atoms with van der Waals surface area (Å²) in [6.07, 6.45) is 0. The maximum Gasteiger partial charge on any atom is 0.135 e. The van der Waals surface area contributed by atoms with Crippen molar-refractivity contribution in [3.63, 3.8) is 0 Å². The average molecular weight is 282 g/mol. The first kappa shape index (κ1) is 14.1. The number of pyridine rings is 1. The third-order valence-corrected chi connectivity index (χ3v) is 3.07. The first-order valence-corrected chi connectivity index (χ1v) is 6.32. The molecule has 0 aliphatic carbocycles. The summed E-state index contributed by atoms with van der Waals surface area (Å²) < 4.78 is 15.5. The fraction of sp³-hybridized carbons (Fsp3) is 0.357. The number of halogens is 1. The summed E-state index contributed by atoms with van der Waals surface area (Å²) in [5, 5.41) is 1.47. The van der Waals surface area contributed by atoms with Gasteiger partial charge < -0.3 is 14.2 Å². The van der Waals surface area contributed by atoms with Crippen LogP contribution in [-0.4, -0.2) is 32.4 Å². The van der Waals surface area contributed by atoms with E-state index in [2.05, 4.69) is 4.98 Å². The van der Waals surface area contributed by atoms with E-state index in [0.29, 0.717) is 25.0 Å². The molecule has 0 fully saturated rings. The Morgan fingerprint density at radius 3 is 2.74 bits per heavy atom. The molecule has 0 atom stereocenters. The van der Waals surface area contributed by atoms with E-state index in [1.165, 1.54) is 0 Å². The van der Waals surface area contributed by atoms with Crippen LogP contribution in [0.4, 0.5) is 0 Å². The molecule has 1 heterocycles. The number of methoxy groups -OCH3 is 2. The second-order valence-electron chi connectivity index (χ2n) is 4.04. The fourth-order valence-corrected chi connectivity index (χ4v) is 1.92. The van der Waals surface area contributed by atoms with Gasteiger partial charge in [-0.25, -0.2) is 4.98 Å². The van der Waals surface area contributed by atoms with Gasteiger partial charge in [0.15, 0.2) is 0 Å². The molecular weight excluding hydrogens is 266 g/mol. The number of nitrogens with zero attached hydrogens (tertiary/aromatic N) is 1. The van der Waals surface area contributed by atoms with E-state index in [0.717, 1.165) is 22.2 Å². The van der Waals surface area contributed by atoms with E-state index in [1.54, 1.807) is 14.2 Å². The molecule has 2 rings (SSSR count). The lowest BCUT2D eigenvalue weighted by Gasteiger charge is -2.08. The standard InChI is InChI=1S/C14H16ClNO3/c1-17-5-6-19-9-11-7-10-3-4-12(18-2)8-13(10)16-14(11)15/h3-4,7-8H,5-6,9H2,1-2H3. The molecular formula is C14H16ClNO3. The number of hydrogen-bond donors (Lipinski definition) is 0. The van der Waals surface area contributed by atoms with Crippen molar-refractivity contribution < 1.29 is 14.2 Å². The van der Waals surface area contributed by atoms with Crippen LogP contribution in [0.25, 0.3) is 10.9 Å². The van der Waals surface area contributed by atoms with Crippen molar-refractivity contribution in [1.29, 1.82) is 0 Å². The molecule has 0 spiro atoms. The highest BCUT2D eigenvalue weighted by Crippen LogP contribution is 2.24.